The van der Waals surface area contributed by atoms with Crippen LogP contribution in [0.4, 0.5) is 0 Å². The van der Waals surface area contributed by atoms with E-state index < -0.39 is 0 Å². The minimum Gasteiger partial charge on any atom is -0.377 e. The van der Waals surface area contributed by atoms with Gasteiger partial charge in [-0.2, -0.15) is 0 Å². The van der Waals surface area contributed by atoms with Crippen molar-refractivity contribution in [1.29, 1.82) is 0 Å². The Bertz CT molecular complexity index is 321. The van der Waals surface area contributed by atoms with Crippen molar-refractivity contribution in [2.24, 2.45) is 11.3 Å². The van der Waals surface area contributed by atoms with Gasteiger partial charge in [0.15, 0.2) is 0 Å². The standard InChI is InChI=1S/C14H19BrO/c1-12-9-14(12,11-15)7-8-16-10-13-5-3-2-4-6-13/h2-6,12H,7-11H2,1H3. The summed E-state index contributed by atoms with van der Waals surface area (Å²) >= 11 is 3.62. The Morgan fingerprint density at radius 1 is 1.38 bits per heavy atom. The molecule has 0 radical (unpaired) electrons. The van der Waals surface area contributed by atoms with Gasteiger partial charge in [0.25, 0.3) is 0 Å². The zero-order valence-corrected chi connectivity index (χ0v) is 11.4. The molecule has 1 aromatic rings. The lowest BCUT2D eigenvalue weighted by molar-refractivity contribution is 0.105. The highest BCUT2D eigenvalue weighted by Gasteiger charge is 2.49. The van der Waals surface area contributed by atoms with Crippen LogP contribution in [0.2, 0.25) is 0 Å². The fraction of sp³-hybridized carbons (Fsp3) is 0.571. The minimum atomic E-state index is 0.538. The SMILES string of the molecule is CC1CC1(CBr)CCOCc1ccccc1. The van der Waals surface area contributed by atoms with Crippen molar-refractivity contribution < 1.29 is 4.74 Å². The van der Waals surface area contributed by atoms with Gasteiger partial charge >= 0.3 is 0 Å². The molecular formula is C14H19BrO. The summed E-state index contributed by atoms with van der Waals surface area (Å²) in [6.07, 6.45) is 2.54. The third kappa shape index (κ3) is 2.86. The van der Waals surface area contributed by atoms with Gasteiger partial charge in [-0.1, -0.05) is 53.2 Å². The third-order valence-electron chi connectivity index (χ3n) is 3.72. The van der Waals surface area contributed by atoms with Gasteiger partial charge in [0.2, 0.25) is 0 Å². The van der Waals surface area contributed by atoms with Gasteiger partial charge in [-0.25, -0.2) is 0 Å². The van der Waals surface area contributed by atoms with Crippen molar-refractivity contribution in [3.63, 3.8) is 0 Å². The number of halogens is 1. The fourth-order valence-corrected chi connectivity index (χ4v) is 3.25. The van der Waals surface area contributed by atoms with Crippen LogP contribution in [0.1, 0.15) is 25.3 Å². The molecule has 1 aliphatic rings. The second-order valence-electron chi connectivity index (χ2n) is 4.89. The number of hydrogen-bond donors (Lipinski definition) is 0. The Morgan fingerprint density at radius 2 is 2.06 bits per heavy atom. The van der Waals surface area contributed by atoms with E-state index in [0.29, 0.717) is 5.41 Å². The predicted octanol–water partition coefficient (Wildman–Crippen LogP) is 4.01. The van der Waals surface area contributed by atoms with Gasteiger partial charge in [0, 0.05) is 11.9 Å². The lowest BCUT2D eigenvalue weighted by Gasteiger charge is -2.12. The molecule has 88 valence electrons. The van der Waals surface area contributed by atoms with E-state index in [1.807, 2.05) is 6.07 Å². The van der Waals surface area contributed by atoms with Gasteiger partial charge in [-0.3, -0.25) is 0 Å². The van der Waals surface area contributed by atoms with Crippen molar-refractivity contribution in [1.82, 2.24) is 0 Å². The van der Waals surface area contributed by atoms with Crippen LogP contribution in [-0.4, -0.2) is 11.9 Å². The summed E-state index contributed by atoms with van der Waals surface area (Å²) in [6, 6.07) is 10.4. The summed E-state index contributed by atoms with van der Waals surface area (Å²) in [5.41, 5.74) is 1.80. The molecule has 2 rings (SSSR count). The Kier molecular flexibility index (Phi) is 4.04. The number of alkyl halides is 1. The molecule has 2 atom stereocenters. The second-order valence-corrected chi connectivity index (χ2v) is 5.45. The summed E-state index contributed by atoms with van der Waals surface area (Å²) in [5.74, 6) is 0.868. The van der Waals surface area contributed by atoms with E-state index in [-0.39, 0.29) is 0 Å². The van der Waals surface area contributed by atoms with Crippen molar-refractivity contribution in [2.45, 2.75) is 26.4 Å². The Balaban J connectivity index is 1.66. The Morgan fingerprint density at radius 3 is 2.62 bits per heavy atom. The molecule has 0 heterocycles. The summed E-state index contributed by atoms with van der Waals surface area (Å²) in [4.78, 5) is 0. The van der Waals surface area contributed by atoms with E-state index in [4.69, 9.17) is 4.74 Å². The number of ether oxygens (including phenoxy) is 1. The van der Waals surface area contributed by atoms with Crippen LogP contribution in [0.25, 0.3) is 0 Å². The van der Waals surface area contributed by atoms with Crippen molar-refractivity contribution >= 4 is 15.9 Å². The average Bonchev–Trinajstić information content (AvgIpc) is 2.98. The molecule has 0 bridgehead atoms. The Labute approximate surface area is 106 Å². The summed E-state index contributed by atoms with van der Waals surface area (Å²) in [7, 11) is 0. The summed E-state index contributed by atoms with van der Waals surface area (Å²) < 4.78 is 5.72. The van der Waals surface area contributed by atoms with E-state index in [1.54, 1.807) is 0 Å². The van der Waals surface area contributed by atoms with E-state index in [0.717, 1.165) is 24.5 Å². The molecule has 16 heavy (non-hydrogen) atoms. The lowest BCUT2D eigenvalue weighted by Crippen LogP contribution is -2.09. The van der Waals surface area contributed by atoms with Gasteiger partial charge in [-0.15, -0.1) is 0 Å². The van der Waals surface area contributed by atoms with E-state index >= 15 is 0 Å². The molecule has 1 aliphatic carbocycles. The molecule has 2 heteroatoms. The summed E-state index contributed by atoms with van der Waals surface area (Å²) in [6.45, 7) is 3.96. The van der Waals surface area contributed by atoms with Crippen molar-refractivity contribution in [3.05, 3.63) is 35.9 Å². The van der Waals surface area contributed by atoms with Crippen LogP contribution in [0.15, 0.2) is 30.3 Å². The molecule has 0 amide bonds. The maximum atomic E-state index is 5.72. The minimum absolute atomic E-state index is 0.538. The van der Waals surface area contributed by atoms with Crippen LogP contribution in [0, 0.1) is 11.3 Å². The maximum Gasteiger partial charge on any atom is 0.0716 e. The van der Waals surface area contributed by atoms with Gasteiger partial charge in [0.05, 0.1) is 6.61 Å². The van der Waals surface area contributed by atoms with Gasteiger partial charge in [-0.05, 0) is 29.7 Å². The molecule has 1 fully saturated rings. The highest BCUT2D eigenvalue weighted by Crippen LogP contribution is 2.55. The molecule has 2 unspecified atom stereocenters. The van der Waals surface area contributed by atoms with Crippen LogP contribution < -0.4 is 0 Å². The average molecular weight is 283 g/mol. The zero-order chi connectivity index (χ0) is 11.4. The molecule has 0 N–H and O–H groups in total. The highest BCUT2D eigenvalue weighted by atomic mass is 79.9. The van der Waals surface area contributed by atoms with Crippen LogP contribution in [-0.2, 0) is 11.3 Å². The first-order valence-electron chi connectivity index (χ1n) is 5.94. The van der Waals surface area contributed by atoms with E-state index in [2.05, 4.69) is 47.1 Å². The lowest BCUT2D eigenvalue weighted by atomic mass is 10.0. The number of benzene rings is 1. The van der Waals surface area contributed by atoms with E-state index in [9.17, 15) is 0 Å². The summed E-state index contributed by atoms with van der Waals surface area (Å²) in [5, 5.41) is 1.12. The fourth-order valence-electron chi connectivity index (χ4n) is 2.19. The first-order valence-corrected chi connectivity index (χ1v) is 7.07. The first kappa shape index (κ1) is 12.1. The smallest absolute Gasteiger partial charge is 0.0716 e. The van der Waals surface area contributed by atoms with Crippen molar-refractivity contribution in [2.75, 3.05) is 11.9 Å². The Hall–Kier alpha value is -0.340. The first-order chi connectivity index (χ1) is 7.77. The van der Waals surface area contributed by atoms with E-state index in [1.165, 1.54) is 18.4 Å². The molecule has 0 spiro atoms. The highest BCUT2D eigenvalue weighted by molar-refractivity contribution is 9.09. The van der Waals surface area contributed by atoms with Gasteiger partial charge < -0.3 is 4.74 Å². The second kappa shape index (κ2) is 5.33. The van der Waals surface area contributed by atoms with Crippen LogP contribution in [0.5, 0.6) is 0 Å². The topological polar surface area (TPSA) is 9.23 Å². The third-order valence-corrected chi connectivity index (χ3v) is 4.84. The quantitative estimate of drug-likeness (QED) is 0.566. The maximum absolute atomic E-state index is 5.72. The predicted molar refractivity (Wildman–Crippen MR) is 70.7 cm³/mol. The molecular weight excluding hydrogens is 264 g/mol. The zero-order valence-electron chi connectivity index (χ0n) is 9.79. The van der Waals surface area contributed by atoms with Gasteiger partial charge in [0.1, 0.15) is 0 Å². The largest absolute Gasteiger partial charge is 0.377 e. The molecule has 1 aromatic carbocycles. The van der Waals surface area contributed by atoms with Crippen molar-refractivity contribution in [3.8, 4) is 0 Å². The molecule has 1 nitrogen and oxygen atoms in total. The monoisotopic (exact) mass is 282 g/mol. The number of rotatable bonds is 6. The molecule has 0 saturated heterocycles. The normalized spacial score (nSPS) is 28.0. The molecule has 1 saturated carbocycles. The van der Waals surface area contributed by atoms with Crippen LogP contribution in [0.3, 0.4) is 0 Å². The molecule has 0 aliphatic heterocycles. The number of hydrogen-bond acceptors (Lipinski definition) is 1. The van der Waals surface area contributed by atoms with Crippen LogP contribution >= 0.6 is 15.9 Å². The molecule has 0 aromatic heterocycles.